The van der Waals surface area contributed by atoms with E-state index in [9.17, 15) is 9.59 Å². The van der Waals surface area contributed by atoms with Crippen LogP contribution in [0.3, 0.4) is 0 Å². The highest BCUT2D eigenvalue weighted by atomic mass is 16.5. The van der Waals surface area contributed by atoms with E-state index in [0.29, 0.717) is 26.0 Å². The van der Waals surface area contributed by atoms with Gasteiger partial charge in [0.1, 0.15) is 0 Å². The standard InChI is InChI=1S/C19H40N4O3/c1-13(2)15(23-18(3,4)5)16(24)22-14(12-26-19(6,7)8)10-9-11-21-17(20)25/h13-15,23H,9-12H2,1-8H3,(H,22,24)(H3,20,21,25)/t14?,15-/m0/s1. The van der Waals surface area contributed by atoms with Crippen LogP contribution in [-0.2, 0) is 9.53 Å². The van der Waals surface area contributed by atoms with Crippen LogP contribution in [0, 0.1) is 5.92 Å². The number of nitrogens with two attached hydrogens (primary N) is 1. The molecule has 7 nitrogen and oxygen atoms in total. The van der Waals surface area contributed by atoms with Crippen molar-refractivity contribution in [2.75, 3.05) is 13.2 Å². The van der Waals surface area contributed by atoms with E-state index in [-0.39, 0.29) is 35.0 Å². The predicted molar refractivity (Wildman–Crippen MR) is 106 cm³/mol. The van der Waals surface area contributed by atoms with Gasteiger partial charge in [0.15, 0.2) is 0 Å². The van der Waals surface area contributed by atoms with Gasteiger partial charge in [0.25, 0.3) is 0 Å². The zero-order chi connectivity index (χ0) is 20.5. The van der Waals surface area contributed by atoms with E-state index in [1.807, 2.05) is 55.4 Å². The number of hydrogen-bond acceptors (Lipinski definition) is 4. The van der Waals surface area contributed by atoms with Crippen molar-refractivity contribution in [3.8, 4) is 0 Å². The van der Waals surface area contributed by atoms with E-state index in [0.717, 1.165) is 0 Å². The maximum Gasteiger partial charge on any atom is 0.312 e. The van der Waals surface area contributed by atoms with Gasteiger partial charge >= 0.3 is 6.03 Å². The number of carbonyl (C=O) groups is 2. The van der Waals surface area contributed by atoms with E-state index in [2.05, 4.69) is 16.0 Å². The number of rotatable bonds is 10. The van der Waals surface area contributed by atoms with Gasteiger partial charge in [0.2, 0.25) is 5.91 Å². The second-order valence-corrected chi connectivity index (χ2v) is 9.18. The van der Waals surface area contributed by atoms with Gasteiger partial charge in [-0.1, -0.05) is 13.8 Å². The molecule has 3 amide bonds. The summed E-state index contributed by atoms with van der Waals surface area (Å²) in [6.45, 7) is 17.1. The lowest BCUT2D eigenvalue weighted by Gasteiger charge is -2.32. The van der Waals surface area contributed by atoms with Gasteiger partial charge in [-0.3, -0.25) is 4.79 Å². The summed E-state index contributed by atoms with van der Waals surface area (Å²) in [4.78, 5) is 23.6. The molecular weight excluding hydrogens is 332 g/mol. The maximum atomic E-state index is 12.8. The van der Waals surface area contributed by atoms with Crippen LogP contribution in [0.4, 0.5) is 4.79 Å². The monoisotopic (exact) mass is 372 g/mol. The summed E-state index contributed by atoms with van der Waals surface area (Å²) < 4.78 is 5.86. The van der Waals surface area contributed by atoms with E-state index >= 15 is 0 Å². The summed E-state index contributed by atoms with van der Waals surface area (Å²) >= 11 is 0. The summed E-state index contributed by atoms with van der Waals surface area (Å²) in [5.74, 6) is 0.134. The summed E-state index contributed by atoms with van der Waals surface area (Å²) in [5, 5.41) is 9.07. The topological polar surface area (TPSA) is 105 Å². The van der Waals surface area contributed by atoms with E-state index < -0.39 is 6.03 Å². The normalized spacial score (nSPS) is 14.8. The molecule has 0 heterocycles. The highest BCUT2D eigenvalue weighted by Crippen LogP contribution is 2.12. The van der Waals surface area contributed by atoms with Crippen molar-refractivity contribution < 1.29 is 14.3 Å². The fourth-order valence-electron chi connectivity index (χ4n) is 2.40. The number of nitrogens with one attached hydrogen (secondary N) is 3. The Morgan fingerprint density at radius 2 is 1.65 bits per heavy atom. The molecule has 7 heteroatoms. The quantitative estimate of drug-likeness (QED) is 0.441. The number of hydrogen-bond donors (Lipinski definition) is 4. The van der Waals surface area contributed by atoms with Crippen molar-refractivity contribution in [1.29, 1.82) is 0 Å². The average Bonchev–Trinajstić information content (AvgIpc) is 2.43. The molecule has 1 unspecified atom stereocenters. The van der Waals surface area contributed by atoms with Crippen LogP contribution in [0.2, 0.25) is 0 Å². The molecule has 0 saturated heterocycles. The number of urea groups is 1. The van der Waals surface area contributed by atoms with Gasteiger partial charge < -0.3 is 26.4 Å². The Balaban J connectivity index is 4.87. The van der Waals surface area contributed by atoms with Crippen molar-refractivity contribution in [3.05, 3.63) is 0 Å². The highest BCUT2D eigenvalue weighted by molar-refractivity contribution is 5.82. The number of carbonyl (C=O) groups excluding carboxylic acids is 2. The van der Waals surface area contributed by atoms with Crippen LogP contribution in [0.15, 0.2) is 0 Å². The summed E-state index contributed by atoms with van der Waals surface area (Å²) in [6.07, 6.45) is 1.41. The zero-order valence-corrected chi connectivity index (χ0v) is 17.9. The molecule has 0 rings (SSSR count). The molecule has 0 aromatic heterocycles. The first kappa shape index (κ1) is 24.7. The van der Waals surface area contributed by atoms with Gasteiger partial charge in [-0.25, -0.2) is 4.79 Å². The lowest BCUT2D eigenvalue weighted by Crippen LogP contribution is -2.56. The second-order valence-electron chi connectivity index (χ2n) is 9.18. The largest absolute Gasteiger partial charge is 0.374 e. The molecule has 26 heavy (non-hydrogen) atoms. The van der Waals surface area contributed by atoms with Gasteiger partial charge in [-0.05, 0) is 60.3 Å². The molecule has 0 spiro atoms. The molecule has 0 saturated carbocycles. The van der Waals surface area contributed by atoms with Crippen molar-refractivity contribution >= 4 is 11.9 Å². The van der Waals surface area contributed by atoms with Crippen LogP contribution in [0.25, 0.3) is 0 Å². The number of primary amides is 1. The molecule has 0 bridgehead atoms. The third-order valence-electron chi connectivity index (χ3n) is 3.63. The molecule has 0 aliphatic carbocycles. The summed E-state index contributed by atoms with van der Waals surface area (Å²) in [7, 11) is 0. The Morgan fingerprint density at radius 1 is 1.08 bits per heavy atom. The third-order valence-corrected chi connectivity index (χ3v) is 3.63. The summed E-state index contributed by atoms with van der Waals surface area (Å²) in [6, 6.07) is -0.943. The van der Waals surface area contributed by atoms with Crippen molar-refractivity contribution in [3.63, 3.8) is 0 Å². The zero-order valence-electron chi connectivity index (χ0n) is 17.9. The third kappa shape index (κ3) is 12.9. The second kappa shape index (κ2) is 10.7. The van der Waals surface area contributed by atoms with Gasteiger partial charge in [-0.2, -0.15) is 0 Å². The van der Waals surface area contributed by atoms with E-state index in [1.54, 1.807) is 0 Å². The molecule has 0 aromatic carbocycles. The number of amides is 3. The molecule has 0 radical (unpaired) electrons. The van der Waals surface area contributed by atoms with Gasteiger partial charge in [-0.15, -0.1) is 0 Å². The Labute approximate surface area is 159 Å². The van der Waals surface area contributed by atoms with E-state index in [4.69, 9.17) is 10.5 Å². The fraction of sp³-hybridized carbons (Fsp3) is 0.895. The van der Waals surface area contributed by atoms with E-state index in [1.165, 1.54) is 0 Å². The minimum atomic E-state index is -0.536. The molecule has 0 aliphatic heterocycles. The summed E-state index contributed by atoms with van der Waals surface area (Å²) in [5.41, 5.74) is 4.64. The first-order chi connectivity index (χ1) is 11.7. The molecule has 154 valence electrons. The lowest BCUT2D eigenvalue weighted by molar-refractivity contribution is -0.126. The van der Waals surface area contributed by atoms with Crippen molar-refractivity contribution in [2.45, 2.75) is 91.5 Å². The highest BCUT2D eigenvalue weighted by Gasteiger charge is 2.28. The van der Waals surface area contributed by atoms with Crippen LogP contribution < -0.4 is 21.7 Å². The molecule has 5 N–H and O–H groups in total. The van der Waals surface area contributed by atoms with Crippen LogP contribution in [0.1, 0.15) is 68.2 Å². The fourth-order valence-corrected chi connectivity index (χ4v) is 2.40. The van der Waals surface area contributed by atoms with Gasteiger partial charge in [0, 0.05) is 12.1 Å². The number of ether oxygens (including phenoxy) is 1. The molecule has 2 atom stereocenters. The first-order valence-corrected chi connectivity index (χ1v) is 9.46. The van der Waals surface area contributed by atoms with Crippen LogP contribution >= 0.6 is 0 Å². The SMILES string of the molecule is CC(C)[C@H](NC(C)(C)C)C(=O)NC(CCCNC(N)=O)COC(C)(C)C. The Morgan fingerprint density at radius 3 is 2.08 bits per heavy atom. The lowest BCUT2D eigenvalue weighted by atomic mass is 9.98. The Bertz CT molecular complexity index is 439. The van der Waals surface area contributed by atoms with Crippen molar-refractivity contribution in [1.82, 2.24) is 16.0 Å². The smallest absolute Gasteiger partial charge is 0.312 e. The Kier molecular flexibility index (Phi) is 10.2. The minimum Gasteiger partial charge on any atom is -0.374 e. The van der Waals surface area contributed by atoms with Crippen molar-refractivity contribution in [2.24, 2.45) is 11.7 Å². The van der Waals surface area contributed by atoms with Gasteiger partial charge in [0.05, 0.1) is 24.3 Å². The first-order valence-electron chi connectivity index (χ1n) is 9.46. The van der Waals surface area contributed by atoms with Crippen LogP contribution in [0.5, 0.6) is 0 Å². The minimum absolute atomic E-state index is 0.0275. The molecular formula is C19H40N4O3. The molecule has 0 aliphatic rings. The molecule has 0 fully saturated rings. The Hall–Kier alpha value is -1.34. The maximum absolute atomic E-state index is 12.8. The predicted octanol–water partition coefficient (Wildman–Crippen LogP) is 2.15. The van der Waals surface area contributed by atoms with Crippen LogP contribution in [-0.4, -0.2) is 48.3 Å². The average molecular weight is 373 g/mol. The molecule has 0 aromatic rings.